The summed E-state index contributed by atoms with van der Waals surface area (Å²) in [5.74, 6) is -4.24. The summed E-state index contributed by atoms with van der Waals surface area (Å²) in [5, 5.41) is 9.62. The molecule has 3 heterocycles. The molecule has 53 heavy (non-hydrogen) atoms. The molecule has 0 amide bonds. The van der Waals surface area contributed by atoms with Crippen LogP contribution in [-0.4, -0.2) is 77.7 Å². The zero-order valence-electron chi connectivity index (χ0n) is 29.5. The van der Waals surface area contributed by atoms with Gasteiger partial charge in [-0.3, -0.25) is 14.1 Å². The molecule has 0 fully saturated rings. The third-order valence-corrected chi connectivity index (χ3v) is 8.83. The topological polar surface area (TPSA) is 175 Å². The van der Waals surface area contributed by atoms with Gasteiger partial charge in [-0.15, -0.1) is 0 Å². The van der Waals surface area contributed by atoms with Gasteiger partial charge in [-0.2, -0.15) is 19.0 Å². The summed E-state index contributed by atoms with van der Waals surface area (Å²) in [7, 11) is -3.33. The lowest BCUT2D eigenvalue weighted by Gasteiger charge is -2.19. The summed E-state index contributed by atoms with van der Waals surface area (Å²) in [6.45, 7) is 7.02. The third-order valence-electron chi connectivity index (χ3n) is 7.85. The average molecular weight is 760 g/mol. The van der Waals surface area contributed by atoms with E-state index in [2.05, 4.69) is 10.1 Å². The molecule has 14 nitrogen and oxygen atoms in total. The van der Waals surface area contributed by atoms with Crippen molar-refractivity contribution in [3.8, 4) is 28.1 Å². The number of aromatic nitrogens is 5. The molecule has 0 saturated heterocycles. The van der Waals surface area contributed by atoms with Crippen LogP contribution < -0.4 is 15.2 Å². The smallest absolute Gasteiger partial charge is 0.355 e. The predicted molar refractivity (Wildman–Crippen MR) is 191 cm³/mol. The number of nitrogens with one attached hydrogen (secondary N) is 1. The molecular weight excluding hydrogens is 719 g/mol. The van der Waals surface area contributed by atoms with Gasteiger partial charge in [-0.1, -0.05) is 32.0 Å². The van der Waals surface area contributed by atoms with Crippen molar-refractivity contribution in [1.29, 1.82) is 0 Å². The SMILES string of the molecule is CC(C)COC(=O)COCCOCCn1cc(-c2cnc(N)c3c(-c4ccc(NS(=O)(=O)C(F)F)c(O[C@@H](C)c5ccc(F)cc5)c4)nn(C)c23)cn1. The van der Waals surface area contributed by atoms with Crippen LogP contribution in [-0.2, 0) is 42.6 Å². The second kappa shape index (κ2) is 17.1. The summed E-state index contributed by atoms with van der Waals surface area (Å²) < 4.78 is 91.7. The first-order valence-corrected chi connectivity index (χ1v) is 18.1. The monoisotopic (exact) mass is 759 g/mol. The molecule has 0 aliphatic heterocycles. The number of nitrogens with two attached hydrogens (primary N) is 1. The van der Waals surface area contributed by atoms with Crippen LogP contribution in [0.3, 0.4) is 0 Å². The predicted octanol–water partition coefficient (Wildman–Crippen LogP) is 5.56. The second-order valence-electron chi connectivity index (χ2n) is 12.4. The lowest BCUT2D eigenvalue weighted by Crippen LogP contribution is -2.21. The Bertz CT molecular complexity index is 2140. The molecule has 5 rings (SSSR count). The first-order chi connectivity index (χ1) is 25.2. The zero-order valence-corrected chi connectivity index (χ0v) is 30.3. The highest BCUT2D eigenvalue weighted by Crippen LogP contribution is 2.40. The number of ether oxygens (including phenoxy) is 4. The van der Waals surface area contributed by atoms with Crippen LogP contribution in [0.15, 0.2) is 61.1 Å². The molecule has 0 bridgehead atoms. The van der Waals surface area contributed by atoms with E-state index in [1.165, 1.54) is 42.5 Å². The molecule has 3 aromatic heterocycles. The molecule has 18 heteroatoms. The van der Waals surface area contributed by atoms with Crippen molar-refractivity contribution >= 4 is 38.4 Å². The number of sulfonamides is 1. The summed E-state index contributed by atoms with van der Waals surface area (Å²) >= 11 is 0. The minimum Gasteiger partial charge on any atom is -0.484 e. The quantitative estimate of drug-likeness (QED) is 0.0846. The highest BCUT2D eigenvalue weighted by atomic mass is 32.2. The molecule has 1 atom stereocenters. The standard InChI is InChI=1S/C35H40F3N7O7S/c1-21(2)19-51-30(46)20-50-14-13-49-12-11-45-18-25(16-41-45)27-17-40-34(39)31-32(42-44(4)33(27)31)24-7-10-28(43-53(47,48)35(37)38)29(15-24)52-22(3)23-5-8-26(36)9-6-23/h5-10,15-18,21-22,35,43H,11-14,19-20H2,1-4H3,(H2,39,40)/t22-/m0/s1. The molecule has 2 aromatic carbocycles. The van der Waals surface area contributed by atoms with Crippen molar-refractivity contribution in [1.82, 2.24) is 24.5 Å². The number of hydrogen-bond acceptors (Lipinski definition) is 11. The molecular formula is C35H40F3N7O7S. The van der Waals surface area contributed by atoms with Crippen LogP contribution in [0.1, 0.15) is 32.4 Å². The van der Waals surface area contributed by atoms with Crippen LogP contribution in [0.5, 0.6) is 5.75 Å². The van der Waals surface area contributed by atoms with E-state index in [0.717, 1.165) is 0 Å². The van der Waals surface area contributed by atoms with Crippen LogP contribution in [0.4, 0.5) is 24.7 Å². The Hall–Kier alpha value is -5.20. The van der Waals surface area contributed by atoms with Crippen molar-refractivity contribution in [2.75, 3.05) is 43.5 Å². The molecule has 0 saturated carbocycles. The first kappa shape index (κ1) is 39.0. The van der Waals surface area contributed by atoms with Gasteiger partial charge in [0.2, 0.25) is 0 Å². The number of nitrogen functional groups attached to an aromatic ring is 1. The number of rotatable bonds is 18. The van der Waals surface area contributed by atoms with E-state index in [1.54, 1.807) is 35.7 Å². The molecule has 0 unspecified atom stereocenters. The largest absolute Gasteiger partial charge is 0.484 e. The van der Waals surface area contributed by atoms with Crippen molar-refractivity contribution in [2.45, 2.75) is 39.2 Å². The van der Waals surface area contributed by atoms with Gasteiger partial charge in [0.15, 0.2) is 0 Å². The van der Waals surface area contributed by atoms with Gasteiger partial charge in [-0.05, 0) is 42.7 Å². The van der Waals surface area contributed by atoms with E-state index in [0.29, 0.717) is 58.6 Å². The van der Waals surface area contributed by atoms with Gasteiger partial charge in [0.1, 0.15) is 35.8 Å². The van der Waals surface area contributed by atoms with E-state index in [1.807, 2.05) is 24.8 Å². The van der Waals surface area contributed by atoms with Crippen molar-refractivity contribution in [2.24, 2.45) is 13.0 Å². The molecule has 5 aromatic rings. The summed E-state index contributed by atoms with van der Waals surface area (Å²) in [6.07, 6.45) is 4.35. The van der Waals surface area contributed by atoms with Gasteiger partial charge >= 0.3 is 11.7 Å². The number of alkyl halides is 2. The van der Waals surface area contributed by atoms with Crippen molar-refractivity contribution in [3.63, 3.8) is 0 Å². The number of pyridine rings is 1. The van der Waals surface area contributed by atoms with Crippen molar-refractivity contribution < 1.29 is 45.3 Å². The maximum absolute atomic E-state index is 13.6. The van der Waals surface area contributed by atoms with Gasteiger partial charge in [-0.25, -0.2) is 22.6 Å². The van der Waals surface area contributed by atoms with E-state index in [9.17, 15) is 26.4 Å². The maximum Gasteiger partial charge on any atom is 0.355 e. The fourth-order valence-corrected chi connectivity index (χ4v) is 5.81. The number of aryl methyl sites for hydroxylation is 1. The van der Waals surface area contributed by atoms with E-state index >= 15 is 0 Å². The molecule has 0 aliphatic carbocycles. The Kier molecular flexibility index (Phi) is 12.6. The third kappa shape index (κ3) is 9.82. The molecule has 0 spiro atoms. The Morgan fingerprint density at radius 1 is 1.00 bits per heavy atom. The van der Waals surface area contributed by atoms with Crippen LogP contribution in [0.2, 0.25) is 0 Å². The molecule has 284 valence electrons. The highest BCUT2D eigenvalue weighted by molar-refractivity contribution is 7.93. The van der Waals surface area contributed by atoms with E-state index < -0.39 is 33.7 Å². The van der Waals surface area contributed by atoms with Gasteiger partial charge in [0, 0.05) is 36.1 Å². The molecule has 0 aliphatic rings. The van der Waals surface area contributed by atoms with E-state index in [4.69, 9.17) is 29.8 Å². The Morgan fingerprint density at radius 2 is 1.74 bits per heavy atom. The van der Waals surface area contributed by atoms with Gasteiger partial charge in [0.05, 0.1) is 55.8 Å². The fourth-order valence-electron chi connectivity index (χ4n) is 5.25. The number of nitrogens with zero attached hydrogens (tertiary/aromatic N) is 5. The first-order valence-electron chi connectivity index (χ1n) is 16.5. The van der Waals surface area contributed by atoms with Gasteiger partial charge in [0.25, 0.3) is 10.0 Å². The minimum absolute atomic E-state index is 0.0794. The summed E-state index contributed by atoms with van der Waals surface area (Å²) in [6, 6.07) is 9.71. The average Bonchev–Trinajstić information content (AvgIpc) is 3.73. The Morgan fingerprint density at radius 3 is 2.45 bits per heavy atom. The minimum atomic E-state index is -5.05. The number of halogens is 3. The molecule has 0 radical (unpaired) electrons. The molecule has 3 N–H and O–H groups in total. The zero-order chi connectivity index (χ0) is 38.3. The number of hydrogen-bond donors (Lipinski definition) is 2. The van der Waals surface area contributed by atoms with Crippen LogP contribution >= 0.6 is 0 Å². The van der Waals surface area contributed by atoms with Crippen molar-refractivity contribution in [3.05, 3.63) is 72.4 Å². The number of carbonyl (C=O) groups excluding carboxylic acids is 1. The normalized spacial score (nSPS) is 12.5. The second-order valence-corrected chi connectivity index (χ2v) is 14.1. The Balaban J connectivity index is 1.35. The highest BCUT2D eigenvalue weighted by Gasteiger charge is 2.27. The number of benzene rings is 2. The van der Waals surface area contributed by atoms with Gasteiger partial charge < -0.3 is 24.7 Å². The lowest BCUT2D eigenvalue weighted by molar-refractivity contribution is -0.150. The lowest BCUT2D eigenvalue weighted by atomic mass is 10.0. The maximum atomic E-state index is 13.6. The Labute approximate surface area is 304 Å². The summed E-state index contributed by atoms with van der Waals surface area (Å²) in [5.41, 5.74) is 9.52. The number of carbonyl (C=O) groups is 1. The number of anilines is 2. The van der Waals surface area contributed by atoms with Crippen LogP contribution in [0, 0.1) is 11.7 Å². The summed E-state index contributed by atoms with van der Waals surface area (Å²) in [4.78, 5) is 16.0. The van der Waals surface area contributed by atoms with E-state index in [-0.39, 0.29) is 43.0 Å². The van der Waals surface area contributed by atoms with Crippen LogP contribution in [0.25, 0.3) is 33.3 Å². The number of fused-ring (bicyclic) bond motifs is 1. The fraction of sp³-hybridized carbons (Fsp3) is 0.371. The number of esters is 1.